The molecule has 1 rings (SSSR count). The van der Waals surface area contributed by atoms with Crippen molar-refractivity contribution in [2.45, 2.75) is 26.7 Å². The summed E-state index contributed by atoms with van der Waals surface area (Å²) < 4.78 is 18.3. The number of nitrogens with two attached hydrogens (primary N) is 1. The van der Waals surface area contributed by atoms with Gasteiger partial charge in [-0.1, -0.05) is 12.1 Å². The Morgan fingerprint density at radius 2 is 1.96 bits per heavy atom. The molecule has 148 valence electrons. The van der Waals surface area contributed by atoms with Crippen LogP contribution in [-0.2, 0) is 16.0 Å². The van der Waals surface area contributed by atoms with Crippen LogP contribution in [0.1, 0.15) is 25.8 Å². The molecule has 1 atom stereocenters. The summed E-state index contributed by atoms with van der Waals surface area (Å²) in [5.41, 5.74) is 6.35. The van der Waals surface area contributed by atoms with E-state index in [9.17, 15) is 9.18 Å². The molecule has 0 aliphatic rings. The first-order chi connectivity index (χ1) is 12.1. The summed E-state index contributed by atoms with van der Waals surface area (Å²) in [7, 11) is 0. The van der Waals surface area contributed by atoms with E-state index in [1.54, 1.807) is 12.1 Å². The highest BCUT2D eigenvalue weighted by molar-refractivity contribution is 14.0. The number of carbonyl (C=O) groups is 1. The predicted octanol–water partition coefficient (Wildman–Crippen LogP) is 2.07. The molecule has 1 amide bonds. The van der Waals surface area contributed by atoms with Gasteiger partial charge < -0.3 is 21.1 Å². The van der Waals surface area contributed by atoms with Crippen molar-refractivity contribution in [2.24, 2.45) is 16.6 Å². The van der Waals surface area contributed by atoms with Crippen LogP contribution in [-0.4, -0.2) is 44.7 Å². The summed E-state index contributed by atoms with van der Waals surface area (Å²) in [5.74, 6) is -0.517. The fourth-order valence-corrected chi connectivity index (χ4v) is 2.23. The van der Waals surface area contributed by atoms with Crippen LogP contribution in [0.15, 0.2) is 29.3 Å². The molecule has 8 heteroatoms. The molecule has 0 aliphatic carbocycles. The van der Waals surface area contributed by atoms with Crippen molar-refractivity contribution in [3.63, 3.8) is 0 Å². The first-order valence-electron chi connectivity index (χ1n) is 8.70. The number of nitrogens with zero attached hydrogens (tertiary/aromatic N) is 1. The number of hydrogen-bond donors (Lipinski definition) is 3. The van der Waals surface area contributed by atoms with Gasteiger partial charge in [-0.2, -0.15) is 0 Å². The van der Waals surface area contributed by atoms with Gasteiger partial charge in [0.2, 0.25) is 5.91 Å². The van der Waals surface area contributed by atoms with Gasteiger partial charge in [0.05, 0.1) is 12.5 Å². The molecule has 0 aromatic heterocycles. The molecule has 1 unspecified atom stereocenters. The number of halogens is 2. The van der Waals surface area contributed by atoms with E-state index in [-0.39, 0.29) is 36.3 Å². The summed E-state index contributed by atoms with van der Waals surface area (Å²) in [6.07, 6.45) is 1.30. The number of rotatable bonds is 11. The molecule has 1 aromatic rings. The highest BCUT2D eigenvalue weighted by atomic mass is 127. The fraction of sp³-hybridized carbons (Fsp3) is 0.556. The normalized spacial score (nSPS) is 12.2. The van der Waals surface area contributed by atoms with Crippen molar-refractivity contribution < 1.29 is 13.9 Å². The Balaban J connectivity index is 0.00000625. The lowest BCUT2D eigenvalue weighted by Crippen LogP contribution is -2.39. The number of primary amides is 1. The quantitative estimate of drug-likeness (QED) is 0.196. The maximum Gasteiger partial charge on any atom is 0.222 e. The number of ether oxygens (including phenoxy) is 1. The largest absolute Gasteiger partial charge is 0.382 e. The van der Waals surface area contributed by atoms with Crippen LogP contribution < -0.4 is 16.4 Å². The summed E-state index contributed by atoms with van der Waals surface area (Å²) in [6.45, 7) is 7.05. The van der Waals surface area contributed by atoms with Crippen molar-refractivity contribution in [2.75, 3.05) is 32.8 Å². The molecule has 4 N–H and O–H groups in total. The van der Waals surface area contributed by atoms with Gasteiger partial charge >= 0.3 is 0 Å². The Kier molecular flexibility index (Phi) is 13.9. The summed E-state index contributed by atoms with van der Waals surface area (Å²) in [4.78, 5) is 16.1. The molecule has 0 bridgehead atoms. The number of hydrogen-bond acceptors (Lipinski definition) is 3. The van der Waals surface area contributed by atoms with Gasteiger partial charge in [0.25, 0.3) is 0 Å². The molecule has 0 saturated heterocycles. The Morgan fingerprint density at radius 3 is 2.54 bits per heavy atom. The monoisotopic (exact) mass is 480 g/mol. The number of carbonyl (C=O) groups excluding carboxylic acids is 1. The molecule has 26 heavy (non-hydrogen) atoms. The Bertz CT molecular complexity index is 540. The molecule has 0 radical (unpaired) electrons. The van der Waals surface area contributed by atoms with Gasteiger partial charge in [0.15, 0.2) is 5.96 Å². The molecule has 0 saturated carbocycles. The van der Waals surface area contributed by atoms with E-state index in [0.29, 0.717) is 25.6 Å². The fourth-order valence-electron chi connectivity index (χ4n) is 2.23. The standard InChI is InChI=1S/C18H29FN4O2.HI/c1-3-21-18(22-10-5-11-25-4-2)23-13-15(17(20)24)12-14-6-8-16(19)9-7-14;/h6-9,15H,3-5,10-13H2,1-2H3,(H2,20,24)(H2,21,22,23);1H. The number of nitrogens with one attached hydrogen (secondary N) is 2. The van der Waals surface area contributed by atoms with Gasteiger partial charge in [0, 0.05) is 26.3 Å². The second-order valence-electron chi connectivity index (χ2n) is 5.63. The lowest BCUT2D eigenvalue weighted by atomic mass is 9.99. The van der Waals surface area contributed by atoms with Crippen molar-refractivity contribution >= 4 is 35.8 Å². The first-order valence-corrected chi connectivity index (χ1v) is 8.70. The number of benzene rings is 1. The zero-order chi connectivity index (χ0) is 18.5. The second-order valence-corrected chi connectivity index (χ2v) is 5.63. The van der Waals surface area contributed by atoms with E-state index in [2.05, 4.69) is 15.6 Å². The molecule has 0 spiro atoms. The molecule has 0 heterocycles. The highest BCUT2D eigenvalue weighted by Gasteiger charge is 2.16. The van der Waals surface area contributed by atoms with Gasteiger partial charge in [0.1, 0.15) is 5.82 Å². The minimum absolute atomic E-state index is 0. The van der Waals surface area contributed by atoms with E-state index in [1.165, 1.54) is 12.1 Å². The average Bonchev–Trinajstić information content (AvgIpc) is 2.59. The van der Waals surface area contributed by atoms with Gasteiger partial charge in [-0.3, -0.25) is 9.79 Å². The third-order valence-electron chi connectivity index (χ3n) is 3.57. The van der Waals surface area contributed by atoms with Crippen LogP contribution in [0.25, 0.3) is 0 Å². The van der Waals surface area contributed by atoms with Crippen molar-refractivity contribution in [1.82, 2.24) is 10.6 Å². The molecule has 0 fully saturated rings. The zero-order valence-corrected chi connectivity index (χ0v) is 17.8. The summed E-state index contributed by atoms with van der Waals surface area (Å²) in [5, 5.41) is 6.34. The van der Waals surface area contributed by atoms with E-state index in [0.717, 1.165) is 25.1 Å². The number of guanidine groups is 1. The van der Waals surface area contributed by atoms with E-state index in [1.807, 2.05) is 13.8 Å². The predicted molar refractivity (Wildman–Crippen MR) is 113 cm³/mol. The minimum atomic E-state index is -0.440. The SMILES string of the molecule is CCNC(=NCC(Cc1ccc(F)cc1)C(N)=O)NCCCOCC.I. The summed E-state index contributed by atoms with van der Waals surface area (Å²) in [6, 6.07) is 6.07. The van der Waals surface area contributed by atoms with Gasteiger partial charge in [-0.25, -0.2) is 4.39 Å². The van der Waals surface area contributed by atoms with Crippen LogP contribution in [0, 0.1) is 11.7 Å². The van der Waals surface area contributed by atoms with Crippen molar-refractivity contribution in [3.8, 4) is 0 Å². The van der Waals surface area contributed by atoms with Crippen molar-refractivity contribution in [3.05, 3.63) is 35.6 Å². The Labute approximate surface area is 172 Å². The van der Waals surface area contributed by atoms with Crippen LogP contribution >= 0.6 is 24.0 Å². The summed E-state index contributed by atoms with van der Waals surface area (Å²) >= 11 is 0. The number of amides is 1. The van der Waals surface area contributed by atoms with Crippen LogP contribution in [0.2, 0.25) is 0 Å². The van der Waals surface area contributed by atoms with Crippen LogP contribution in [0.3, 0.4) is 0 Å². The maximum absolute atomic E-state index is 13.0. The lowest BCUT2D eigenvalue weighted by molar-refractivity contribution is -0.121. The topological polar surface area (TPSA) is 88.7 Å². The Hall–Kier alpha value is -1.42. The van der Waals surface area contributed by atoms with E-state index < -0.39 is 11.8 Å². The van der Waals surface area contributed by atoms with Crippen LogP contribution in [0.5, 0.6) is 0 Å². The second kappa shape index (κ2) is 14.7. The van der Waals surface area contributed by atoms with Crippen LogP contribution in [0.4, 0.5) is 4.39 Å². The van der Waals surface area contributed by atoms with E-state index >= 15 is 0 Å². The molecule has 1 aromatic carbocycles. The molecular weight excluding hydrogens is 450 g/mol. The van der Waals surface area contributed by atoms with Crippen molar-refractivity contribution in [1.29, 1.82) is 0 Å². The average molecular weight is 480 g/mol. The Morgan fingerprint density at radius 1 is 1.27 bits per heavy atom. The van der Waals surface area contributed by atoms with Gasteiger partial charge in [-0.05, 0) is 44.4 Å². The minimum Gasteiger partial charge on any atom is -0.382 e. The lowest BCUT2D eigenvalue weighted by Gasteiger charge is -2.14. The van der Waals surface area contributed by atoms with E-state index in [4.69, 9.17) is 10.5 Å². The third kappa shape index (κ3) is 10.5. The first kappa shape index (κ1) is 24.6. The maximum atomic E-state index is 13.0. The molecule has 6 nitrogen and oxygen atoms in total. The third-order valence-corrected chi connectivity index (χ3v) is 3.57. The highest BCUT2D eigenvalue weighted by Crippen LogP contribution is 2.10. The molecular formula is C18H30FIN4O2. The van der Waals surface area contributed by atoms with Gasteiger partial charge in [-0.15, -0.1) is 24.0 Å². The molecule has 0 aliphatic heterocycles. The zero-order valence-electron chi connectivity index (χ0n) is 15.5. The number of aliphatic imine (C=N–C) groups is 1. The smallest absolute Gasteiger partial charge is 0.222 e.